The van der Waals surface area contributed by atoms with E-state index >= 15 is 0 Å². The van der Waals surface area contributed by atoms with Gasteiger partial charge in [-0.3, -0.25) is 14.9 Å². The van der Waals surface area contributed by atoms with E-state index in [2.05, 4.69) is 19.2 Å². The number of halogens is 1. The first kappa shape index (κ1) is 14.4. The Morgan fingerprint density at radius 3 is 2.00 bits per heavy atom. The van der Waals surface area contributed by atoms with Crippen LogP contribution in [0.4, 0.5) is 4.39 Å². The number of carbonyl (C=O) groups excluding carboxylic acids is 2. The van der Waals surface area contributed by atoms with E-state index < -0.39 is 17.6 Å². The average Bonchev–Trinajstić information content (AvgIpc) is 2.54. The van der Waals surface area contributed by atoms with E-state index in [9.17, 15) is 14.0 Å². The summed E-state index contributed by atoms with van der Waals surface area (Å²) >= 11 is 0. The first-order valence-electron chi connectivity index (χ1n) is 6.11. The van der Waals surface area contributed by atoms with Gasteiger partial charge >= 0.3 is 0 Å². The van der Waals surface area contributed by atoms with E-state index in [0.717, 1.165) is 6.07 Å². The lowest BCUT2D eigenvalue weighted by atomic mass is 9.97. The van der Waals surface area contributed by atoms with E-state index in [0.29, 0.717) is 5.56 Å². The number of amides is 2. The van der Waals surface area contributed by atoms with Gasteiger partial charge in [0.25, 0.3) is 11.8 Å². The van der Waals surface area contributed by atoms with Gasteiger partial charge in [0.05, 0.1) is 11.1 Å². The van der Waals surface area contributed by atoms with Crippen LogP contribution in [-0.2, 0) is 0 Å². The molecule has 0 spiro atoms. The van der Waals surface area contributed by atoms with Gasteiger partial charge in [-0.1, -0.05) is 34.1 Å². The Hall–Kier alpha value is -1.71. The molecule has 0 aromatic heterocycles. The molecule has 2 amide bonds. The largest absolute Gasteiger partial charge is 0.288 e. The minimum Gasteiger partial charge on any atom is -0.288 e. The monoisotopic (exact) mass is 251 g/mol. The van der Waals surface area contributed by atoms with Crippen molar-refractivity contribution in [2.24, 2.45) is 0 Å². The number of hydrogen-bond donors (Lipinski definition) is 1. The molecule has 2 rings (SSSR count). The Morgan fingerprint density at radius 1 is 1.11 bits per heavy atom. The van der Waals surface area contributed by atoms with Crippen molar-refractivity contribution in [1.29, 1.82) is 0 Å². The lowest BCUT2D eigenvalue weighted by Crippen LogP contribution is -2.19. The van der Waals surface area contributed by atoms with Gasteiger partial charge in [0.1, 0.15) is 5.82 Å². The Kier molecular flexibility index (Phi) is 4.59. The second-order valence-corrected chi connectivity index (χ2v) is 4.56. The van der Waals surface area contributed by atoms with Crippen LogP contribution < -0.4 is 5.32 Å². The highest BCUT2D eigenvalue weighted by Gasteiger charge is 2.28. The number of nitrogens with one attached hydrogen (secondary N) is 1. The maximum atomic E-state index is 13.5. The quantitative estimate of drug-likeness (QED) is 0.779. The van der Waals surface area contributed by atoms with Crippen molar-refractivity contribution >= 4 is 11.8 Å². The summed E-state index contributed by atoms with van der Waals surface area (Å²) < 4.78 is 13.5. The van der Waals surface area contributed by atoms with E-state index in [1.54, 1.807) is 0 Å². The van der Waals surface area contributed by atoms with Gasteiger partial charge in [-0.25, -0.2) is 4.39 Å². The number of rotatable bonds is 1. The minimum absolute atomic E-state index is 0.0150. The van der Waals surface area contributed by atoms with Crippen molar-refractivity contribution in [2.75, 3.05) is 0 Å². The maximum Gasteiger partial charge on any atom is 0.259 e. The van der Waals surface area contributed by atoms with Gasteiger partial charge in [0, 0.05) is 0 Å². The van der Waals surface area contributed by atoms with Crippen LogP contribution in [0.15, 0.2) is 12.1 Å². The molecule has 98 valence electrons. The van der Waals surface area contributed by atoms with Crippen molar-refractivity contribution in [3.05, 3.63) is 34.6 Å². The van der Waals surface area contributed by atoms with Crippen LogP contribution >= 0.6 is 0 Å². The molecule has 0 fully saturated rings. The summed E-state index contributed by atoms with van der Waals surface area (Å²) in [5, 5.41) is 2.13. The third-order valence-electron chi connectivity index (χ3n) is 2.48. The summed E-state index contributed by atoms with van der Waals surface area (Å²) in [7, 11) is 0. The fourth-order valence-electron chi connectivity index (χ4n) is 1.65. The first-order chi connectivity index (χ1) is 8.42. The van der Waals surface area contributed by atoms with Crippen molar-refractivity contribution in [1.82, 2.24) is 5.32 Å². The van der Waals surface area contributed by atoms with Gasteiger partial charge in [-0.15, -0.1) is 0 Å². The van der Waals surface area contributed by atoms with Crippen LogP contribution in [0, 0.1) is 5.82 Å². The van der Waals surface area contributed by atoms with Gasteiger partial charge in [-0.2, -0.15) is 0 Å². The van der Waals surface area contributed by atoms with Gasteiger partial charge < -0.3 is 0 Å². The first-order valence-corrected chi connectivity index (χ1v) is 6.11. The van der Waals surface area contributed by atoms with Crippen molar-refractivity contribution < 1.29 is 14.0 Å². The lowest BCUT2D eigenvalue weighted by Gasteiger charge is -2.07. The van der Waals surface area contributed by atoms with Crippen LogP contribution in [0.1, 0.15) is 66.3 Å². The minimum atomic E-state index is -0.524. The molecule has 0 radical (unpaired) electrons. The highest BCUT2D eigenvalue weighted by atomic mass is 19.1. The smallest absolute Gasteiger partial charge is 0.259 e. The Labute approximate surface area is 106 Å². The van der Waals surface area contributed by atoms with Crippen molar-refractivity contribution in [3.8, 4) is 0 Å². The summed E-state index contributed by atoms with van der Waals surface area (Å²) in [4.78, 5) is 22.5. The van der Waals surface area contributed by atoms with Gasteiger partial charge in [0.2, 0.25) is 0 Å². The molecule has 18 heavy (non-hydrogen) atoms. The molecule has 1 aromatic carbocycles. The van der Waals surface area contributed by atoms with Crippen LogP contribution in [0.3, 0.4) is 0 Å². The van der Waals surface area contributed by atoms with E-state index in [1.807, 2.05) is 13.8 Å². The normalized spacial score (nSPS) is 13.0. The molecule has 1 N–H and O–H groups in total. The molecule has 0 unspecified atom stereocenters. The summed E-state index contributed by atoms with van der Waals surface area (Å²) in [6.07, 6.45) is 1.25. The third-order valence-corrected chi connectivity index (χ3v) is 2.48. The molecule has 1 aliphatic heterocycles. The fourth-order valence-corrected chi connectivity index (χ4v) is 1.65. The number of imide groups is 1. The topological polar surface area (TPSA) is 46.2 Å². The molecule has 1 aromatic rings. The molecular weight excluding hydrogens is 233 g/mol. The summed E-state index contributed by atoms with van der Waals surface area (Å²) in [6, 6.07) is 2.58. The molecule has 0 atom stereocenters. The Morgan fingerprint density at radius 2 is 1.56 bits per heavy atom. The van der Waals surface area contributed by atoms with E-state index in [4.69, 9.17) is 0 Å². The molecule has 0 saturated heterocycles. The third kappa shape index (κ3) is 2.75. The number of fused-ring (bicyclic) bond motifs is 1. The van der Waals surface area contributed by atoms with E-state index in [-0.39, 0.29) is 17.0 Å². The molecule has 4 heteroatoms. The molecule has 1 aliphatic rings. The average molecular weight is 251 g/mol. The zero-order chi connectivity index (χ0) is 13.9. The number of hydrogen-bond acceptors (Lipinski definition) is 2. The van der Waals surface area contributed by atoms with Gasteiger partial charge in [0.15, 0.2) is 0 Å². The van der Waals surface area contributed by atoms with Crippen LogP contribution in [0.25, 0.3) is 0 Å². The van der Waals surface area contributed by atoms with Crippen molar-refractivity contribution in [2.45, 2.75) is 40.0 Å². The predicted molar refractivity (Wildman–Crippen MR) is 68.3 cm³/mol. The molecule has 0 bridgehead atoms. The van der Waals surface area contributed by atoms with Crippen LogP contribution in [-0.4, -0.2) is 11.8 Å². The Balaban J connectivity index is 0.000000492. The fraction of sp³-hybridized carbons (Fsp3) is 0.429. The molecular formula is C14H18FNO2. The molecule has 3 nitrogen and oxygen atoms in total. The number of carbonyl (C=O) groups is 2. The molecule has 1 heterocycles. The maximum absolute atomic E-state index is 13.5. The second kappa shape index (κ2) is 5.76. The van der Waals surface area contributed by atoms with Crippen molar-refractivity contribution in [3.63, 3.8) is 0 Å². The zero-order valence-electron chi connectivity index (χ0n) is 11.1. The second-order valence-electron chi connectivity index (χ2n) is 4.56. The zero-order valence-corrected chi connectivity index (χ0v) is 11.1. The van der Waals surface area contributed by atoms with Gasteiger partial charge in [-0.05, 0) is 23.6 Å². The molecule has 0 saturated carbocycles. The summed E-state index contributed by atoms with van der Waals surface area (Å²) in [5.41, 5.74) is 0.852. The highest BCUT2D eigenvalue weighted by molar-refractivity contribution is 6.21. The SMILES string of the molecule is CC(C)c1cc2c(cc1F)C(=O)NC2=O.CCC. The van der Waals surface area contributed by atoms with Crippen LogP contribution in [0.2, 0.25) is 0 Å². The predicted octanol–water partition coefficient (Wildman–Crippen LogP) is 3.25. The Bertz CT molecular complexity index is 481. The number of benzene rings is 1. The highest BCUT2D eigenvalue weighted by Crippen LogP contribution is 2.25. The van der Waals surface area contributed by atoms with E-state index in [1.165, 1.54) is 12.5 Å². The van der Waals surface area contributed by atoms with Crippen LogP contribution in [0.5, 0.6) is 0 Å². The lowest BCUT2D eigenvalue weighted by molar-refractivity contribution is 0.0879. The standard InChI is InChI=1S/C11H10FNO2.C3H8/c1-5(2)6-3-7-8(4-9(6)12)11(15)13-10(7)14;1-3-2/h3-5H,1-2H3,(H,13,14,15);3H2,1-2H3. The molecule has 0 aliphatic carbocycles. The summed E-state index contributed by atoms with van der Waals surface area (Å²) in [5.74, 6) is -1.42. The summed E-state index contributed by atoms with van der Waals surface area (Å²) in [6.45, 7) is 7.92.